The molecule has 0 saturated carbocycles. The highest BCUT2D eigenvalue weighted by molar-refractivity contribution is 5.45. The molecule has 4 nitrogen and oxygen atoms in total. The van der Waals surface area contributed by atoms with E-state index in [0.29, 0.717) is 18.2 Å². The molecule has 0 radical (unpaired) electrons. The first-order chi connectivity index (χ1) is 8.20. The summed E-state index contributed by atoms with van der Waals surface area (Å²) in [5.74, 6) is 0.455. The minimum atomic E-state index is -0.510. The van der Waals surface area contributed by atoms with Crippen LogP contribution in [0.4, 0.5) is 5.69 Å². The first kappa shape index (κ1) is 12.3. The van der Waals surface area contributed by atoms with Gasteiger partial charge in [0.1, 0.15) is 0 Å². The van der Waals surface area contributed by atoms with E-state index in [1.54, 1.807) is 6.92 Å². The van der Waals surface area contributed by atoms with Crippen molar-refractivity contribution in [3.05, 3.63) is 24.0 Å². The third-order valence-corrected chi connectivity index (χ3v) is 3.44. The molecule has 0 aromatic carbocycles. The minimum Gasteiger partial charge on any atom is -0.396 e. The molecule has 2 heterocycles. The molecule has 0 amide bonds. The van der Waals surface area contributed by atoms with Crippen LogP contribution in [-0.4, -0.2) is 34.9 Å². The van der Waals surface area contributed by atoms with E-state index in [0.717, 1.165) is 31.6 Å². The zero-order valence-corrected chi connectivity index (χ0v) is 10.2. The molecule has 1 aromatic rings. The Labute approximate surface area is 102 Å². The van der Waals surface area contributed by atoms with Crippen molar-refractivity contribution < 1.29 is 10.2 Å². The van der Waals surface area contributed by atoms with Crippen LogP contribution in [0.2, 0.25) is 0 Å². The molecule has 0 aliphatic carbocycles. The summed E-state index contributed by atoms with van der Waals surface area (Å²) < 4.78 is 0. The summed E-state index contributed by atoms with van der Waals surface area (Å²) in [5, 5.41) is 18.5. The molecule has 0 spiro atoms. The Bertz CT molecular complexity index is 343. The Hall–Kier alpha value is -1.13. The lowest BCUT2D eigenvalue weighted by Gasteiger charge is -2.32. The summed E-state index contributed by atoms with van der Waals surface area (Å²) in [6.45, 7) is 3.96. The lowest BCUT2D eigenvalue weighted by atomic mass is 9.97. The molecule has 1 atom stereocenters. The van der Waals surface area contributed by atoms with E-state index in [9.17, 15) is 5.11 Å². The molecule has 1 saturated heterocycles. The van der Waals surface area contributed by atoms with Crippen LogP contribution in [0.1, 0.15) is 31.6 Å². The molecule has 1 aromatic heterocycles. The van der Waals surface area contributed by atoms with Crippen LogP contribution in [0, 0.1) is 5.92 Å². The third kappa shape index (κ3) is 2.96. The zero-order valence-electron chi connectivity index (χ0n) is 10.2. The fourth-order valence-electron chi connectivity index (χ4n) is 2.21. The molecule has 2 N–H and O–H groups in total. The van der Waals surface area contributed by atoms with E-state index in [2.05, 4.69) is 9.88 Å². The number of piperidine rings is 1. The van der Waals surface area contributed by atoms with Gasteiger partial charge in [-0.15, -0.1) is 0 Å². The molecular formula is C13H20N2O2. The maximum Gasteiger partial charge on any atom is 0.0931 e. The first-order valence-electron chi connectivity index (χ1n) is 6.20. The molecule has 2 rings (SSSR count). The van der Waals surface area contributed by atoms with Gasteiger partial charge in [-0.3, -0.25) is 4.98 Å². The van der Waals surface area contributed by atoms with E-state index in [1.807, 2.05) is 18.3 Å². The van der Waals surface area contributed by atoms with Gasteiger partial charge in [0.15, 0.2) is 0 Å². The summed E-state index contributed by atoms with van der Waals surface area (Å²) >= 11 is 0. The topological polar surface area (TPSA) is 56.6 Å². The van der Waals surface area contributed by atoms with Gasteiger partial charge in [0.2, 0.25) is 0 Å². The van der Waals surface area contributed by atoms with E-state index < -0.39 is 6.10 Å². The van der Waals surface area contributed by atoms with E-state index in [1.165, 1.54) is 0 Å². The van der Waals surface area contributed by atoms with Crippen molar-refractivity contribution in [3.63, 3.8) is 0 Å². The molecule has 17 heavy (non-hydrogen) atoms. The largest absolute Gasteiger partial charge is 0.396 e. The Morgan fingerprint density at radius 1 is 1.41 bits per heavy atom. The van der Waals surface area contributed by atoms with Crippen LogP contribution in [0.15, 0.2) is 18.3 Å². The van der Waals surface area contributed by atoms with Crippen molar-refractivity contribution in [2.24, 2.45) is 5.92 Å². The Kier molecular flexibility index (Phi) is 3.97. The van der Waals surface area contributed by atoms with Gasteiger partial charge in [-0.1, -0.05) is 0 Å². The van der Waals surface area contributed by atoms with E-state index >= 15 is 0 Å². The molecule has 1 unspecified atom stereocenters. The average molecular weight is 236 g/mol. The maximum atomic E-state index is 9.39. The van der Waals surface area contributed by atoms with Gasteiger partial charge < -0.3 is 15.1 Å². The Balaban J connectivity index is 1.99. The standard InChI is InChI=1S/C13H20N2O2/c1-10(17)13-3-2-12(8-14-13)15-6-4-11(9-16)5-7-15/h2-3,8,10-11,16-17H,4-7,9H2,1H3. The lowest BCUT2D eigenvalue weighted by molar-refractivity contribution is 0.194. The summed E-state index contributed by atoms with van der Waals surface area (Å²) in [4.78, 5) is 6.53. The number of anilines is 1. The van der Waals surface area contributed by atoms with Crippen molar-refractivity contribution in [2.75, 3.05) is 24.6 Å². The molecule has 4 heteroatoms. The SMILES string of the molecule is CC(O)c1ccc(N2CCC(CO)CC2)cn1. The number of pyridine rings is 1. The highest BCUT2D eigenvalue weighted by atomic mass is 16.3. The van der Waals surface area contributed by atoms with Crippen LogP contribution in [0.25, 0.3) is 0 Å². The molecule has 1 aliphatic rings. The molecule has 94 valence electrons. The average Bonchev–Trinajstić information content (AvgIpc) is 2.39. The second-order valence-electron chi connectivity index (χ2n) is 4.73. The molecule has 0 bridgehead atoms. The van der Waals surface area contributed by atoms with Crippen LogP contribution in [-0.2, 0) is 0 Å². The summed E-state index contributed by atoms with van der Waals surface area (Å²) in [6, 6.07) is 3.88. The van der Waals surface area contributed by atoms with E-state index in [4.69, 9.17) is 5.11 Å². The highest BCUT2D eigenvalue weighted by Gasteiger charge is 2.18. The third-order valence-electron chi connectivity index (χ3n) is 3.44. The van der Waals surface area contributed by atoms with Gasteiger partial charge in [0, 0.05) is 19.7 Å². The summed E-state index contributed by atoms with van der Waals surface area (Å²) in [7, 11) is 0. The monoisotopic (exact) mass is 236 g/mol. The van der Waals surface area contributed by atoms with Crippen molar-refractivity contribution in [1.29, 1.82) is 0 Å². The minimum absolute atomic E-state index is 0.299. The van der Waals surface area contributed by atoms with Crippen LogP contribution in [0.3, 0.4) is 0 Å². The number of aliphatic hydroxyl groups is 2. The number of hydrogen-bond donors (Lipinski definition) is 2. The maximum absolute atomic E-state index is 9.39. The lowest BCUT2D eigenvalue weighted by Crippen LogP contribution is -2.34. The van der Waals surface area contributed by atoms with Crippen molar-refractivity contribution in [2.45, 2.75) is 25.9 Å². The summed E-state index contributed by atoms with van der Waals surface area (Å²) in [5.41, 5.74) is 1.81. The number of nitrogens with zero attached hydrogens (tertiary/aromatic N) is 2. The Morgan fingerprint density at radius 3 is 2.59 bits per heavy atom. The zero-order chi connectivity index (χ0) is 12.3. The highest BCUT2D eigenvalue weighted by Crippen LogP contribution is 2.23. The van der Waals surface area contributed by atoms with Gasteiger partial charge in [0.05, 0.1) is 23.7 Å². The Morgan fingerprint density at radius 2 is 2.12 bits per heavy atom. The molecule has 1 aliphatic heterocycles. The molecular weight excluding hydrogens is 216 g/mol. The second kappa shape index (κ2) is 5.47. The van der Waals surface area contributed by atoms with Gasteiger partial charge in [-0.2, -0.15) is 0 Å². The number of hydrogen-bond acceptors (Lipinski definition) is 4. The van der Waals surface area contributed by atoms with Crippen LogP contribution in [0.5, 0.6) is 0 Å². The normalized spacial score (nSPS) is 19.4. The van der Waals surface area contributed by atoms with Gasteiger partial charge >= 0.3 is 0 Å². The van der Waals surface area contributed by atoms with E-state index in [-0.39, 0.29) is 0 Å². The van der Waals surface area contributed by atoms with Gasteiger partial charge in [-0.05, 0) is 37.8 Å². The van der Waals surface area contributed by atoms with Crippen molar-refractivity contribution in [3.8, 4) is 0 Å². The van der Waals surface area contributed by atoms with Crippen molar-refractivity contribution >= 4 is 5.69 Å². The van der Waals surface area contributed by atoms with Crippen LogP contribution < -0.4 is 4.90 Å². The molecule has 1 fully saturated rings. The quantitative estimate of drug-likeness (QED) is 0.831. The fraction of sp³-hybridized carbons (Fsp3) is 0.615. The van der Waals surface area contributed by atoms with Gasteiger partial charge in [0.25, 0.3) is 0 Å². The predicted octanol–water partition coefficient (Wildman–Crippen LogP) is 1.34. The van der Waals surface area contributed by atoms with Crippen LogP contribution >= 0.6 is 0 Å². The number of rotatable bonds is 3. The van der Waals surface area contributed by atoms with Gasteiger partial charge in [-0.25, -0.2) is 0 Å². The predicted molar refractivity (Wildman–Crippen MR) is 66.9 cm³/mol. The second-order valence-corrected chi connectivity index (χ2v) is 4.73. The smallest absolute Gasteiger partial charge is 0.0931 e. The first-order valence-corrected chi connectivity index (χ1v) is 6.20. The number of aliphatic hydroxyl groups excluding tert-OH is 2. The number of aromatic nitrogens is 1. The van der Waals surface area contributed by atoms with Crippen molar-refractivity contribution in [1.82, 2.24) is 4.98 Å². The fourth-order valence-corrected chi connectivity index (χ4v) is 2.21. The summed E-state index contributed by atoms with van der Waals surface area (Å²) in [6.07, 6.45) is 3.38.